The van der Waals surface area contributed by atoms with Gasteiger partial charge in [0.05, 0.1) is 5.92 Å². The molecule has 0 aromatic rings. The maximum Gasteiger partial charge on any atom is 0.392 e. The molecule has 1 aliphatic rings. The third-order valence-corrected chi connectivity index (χ3v) is 2.30. The van der Waals surface area contributed by atoms with Crippen molar-refractivity contribution in [3.05, 3.63) is 0 Å². The van der Waals surface area contributed by atoms with Crippen LogP contribution < -0.4 is 0 Å². The summed E-state index contributed by atoms with van der Waals surface area (Å²) in [6.07, 6.45) is -6.69. The SMILES string of the molecule is OCC1CC(F)(F)CC1C(F)(F)F. The highest BCUT2D eigenvalue weighted by atomic mass is 19.4. The number of hydrogen-bond donors (Lipinski definition) is 1. The van der Waals surface area contributed by atoms with E-state index in [9.17, 15) is 22.0 Å². The number of hydrogen-bond acceptors (Lipinski definition) is 1. The van der Waals surface area contributed by atoms with Gasteiger partial charge in [-0.2, -0.15) is 13.2 Å². The van der Waals surface area contributed by atoms with E-state index in [1.54, 1.807) is 0 Å². The lowest BCUT2D eigenvalue weighted by Crippen LogP contribution is -2.28. The monoisotopic (exact) mass is 204 g/mol. The summed E-state index contributed by atoms with van der Waals surface area (Å²) in [7, 11) is 0. The Kier molecular flexibility index (Phi) is 2.53. The van der Waals surface area contributed by atoms with Gasteiger partial charge in [0.15, 0.2) is 0 Å². The Bertz CT molecular complexity index is 188. The molecule has 0 amide bonds. The van der Waals surface area contributed by atoms with Crippen LogP contribution in [0.25, 0.3) is 0 Å². The molecule has 2 atom stereocenters. The van der Waals surface area contributed by atoms with E-state index in [2.05, 4.69) is 0 Å². The summed E-state index contributed by atoms with van der Waals surface area (Å²) in [5.74, 6) is -6.70. The minimum Gasteiger partial charge on any atom is -0.396 e. The van der Waals surface area contributed by atoms with Crippen LogP contribution in [-0.2, 0) is 0 Å². The average molecular weight is 204 g/mol. The Morgan fingerprint density at radius 3 is 2.08 bits per heavy atom. The first kappa shape index (κ1) is 10.7. The molecule has 1 nitrogen and oxygen atoms in total. The van der Waals surface area contributed by atoms with Crippen LogP contribution in [0.4, 0.5) is 22.0 Å². The second kappa shape index (κ2) is 3.08. The predicted molar refractivity (Wildman–Crippen MR) is 34.3 cm³/mol. The maximum absolute atomic E-state index is 12.6. The summed E-state index contributed by atoms with van der Waals surface area (Å²) in [5, 5.41) is 8.50. The smallest absolute Gasteiger partial charge is 0.392 e. The summed E-state index contributed by atoms with van der Waals surface area (Å²) in [4.78, 5) is 0. The number of halogens is 5. The van der Waals surface area contributed by atoms with E-state index in [1.807, 2.05) is 0 Å². The van der Waals surface area contributed by atoms with Crippen molar-refractivity contribution in [2.75, 3.05) is 6.61 Å². The molecule has 13 heavy (non-hydrogen) atoms. The first-order valence-corrected chi connectivity index (χ1v) is 3.81. The van der Waals surface area contributed by atoms with Crippen molar-refractivity contribution in [3.8, 4) is 0 Å². The van der Waals surface area contributed by atoms with E-state index in [0.717, 1.165) is 0 Å². The van der Waals surface area contributed by atoms with E-state index in [0.29, 0.717) is 0 Å². The number of aliphatic hydroxyl groups excluding tert-OH is 1. The van der Waals surface area contributed by atoms with Gasteiger partial charge in [0, 0.05) is 19.4 Å². The topological polar surface area (TPSA) is 20.2 Å². The van der Waals surface area contributed by atoms with Crippen molar-refractivity contribution >= 4 is 0 Å². The van der Waals surface area contributed by atoms with Gasteiger partial charge in [0.2, 0.25) is 5.92 Å². The summed E-state index contributed by atoms with van der Waals surface area (Å²) in [6.45, 7) is -0.834. The zero-order chi connectivity index (χ0) is 10.3. The third-order valence-electron chi connectivity index (χ3n) is 2.30. The van der Waals surface area contributed by atoms with Gasteiger partial charge in [-0.1, -0.05) is 0 Å². The molecule has 1 saturated carbocycles. The second-order valence-corrected chi connectivity index (χ2v) is 3.35. The highest BCUT2D eigenvalue weighted by Crippen LogP contribution is 2.49. The van der Waals surface area contributed by atoms with Gasteiger partial charge in [-0.25, -0.2) is 8.78 Å². The lowest BCUT2D eigenvalue weighted by atomic mass is 9.97. The van der Waals surface area contributed by atoms with Crippen molar-refractivity contribution in [1.29, 1.82) is 0 Å². The van der Waals surface area contributed by atoms with Crippen LogP contribution in [0.2, 0.25) is 0 Å². The highest BCUT2D eigenvalue weighted by Gasteiger charge is 2.56. The average Bonchev–Trinajstić information content (AvgIpc) is 2.24. The predicted octanol–water partition coefficient (Wildman–Crippen LogP) is 2.20. The Balaban J connectivity index is 2.75. The summed E-state index contributed by atoms with van der Waals surface area (Å²) >= 11 is 0. The standard InChI is InChI=1S/C7H9F5O/c8-6(9)1-4(3-13)5(2-6)7(10,11)12/h4-5,13H,1-3H2. The maximum atomic E-state index is 12.6. The molecule has 0 saturated heterocycles. The molecule has 2 unspecified atom stereocenters. The van der Waals surface area contributed by atoms with Crippen molar-refractivity contribution in [1.82, 2.24) is 0 Å². The first-order chi connectivity index (χ1) is 5.76. The van der Waals surface area contributed by atoms with Crippen LogP contribution >= 0.6 is 0 Å². The minimum absolute atomic E-state index is 0.834. The molecule has 0 spiro atoms. The van der Waals surface area contributed by atoms with Gasteiger partial charge in [-0.05, 0) is 5.92 Å². The minimum atomic E-state index is -4.63. The Morgan fingerprint density at radius 1 is 1.23 bits per heavy atom. The molecular weight excluding hydrogens is 195 g/mol. The molecule has 78 valence electrons. The summed E-state index contributed by atoms with van der Waals surface area (Å²) in [6, 6.07) is 0. The van der Waals surface area contributed by atoms with Gasteiger partial charge < -0.3 is 5.11 Å². The molecule has 1 rings (SSSR count). The normalized spacial score (nSPS) is 33.7. The molecule has 1 N–H and O–H groups in total. The van der Waals surface area contributed by atoms with E-state index in [4.69, 9.17) is 5.11 Å². The highest BCUT2D eigenvalue weighted by molar-refractivity contribution is 4.91. The Labute approximate surface area is 71.5 Å². The fourth-order valence-corrected chi connectivity index (χ4v) is 1.67. The van der Waals surface area contributed by atoms with Crippen molar-refractivity contribution in [2.24, 2.45) is 11.8 Å². The molecule has 0 aliphatic heterocycles. The van der Waals surface area contributed by atoms with Crippen LogP contribution in [0.15, 0.2) is 0 Å². The number of rotatable bonds is 1. The molecule has 0 bridgehead atoms. The largest absolute Gasteiger partial charge is 0.396 e. The van der Waals surface area contributed by atoms with Gasteiger partial charge >= 0.3 is 6.18 Å². The van der Waals surface area contributed by atoms with Crippen molar-refractivity contribution < 1.29 is 27.1 Å². The fourth-order valence-electron chi connectivity index (χ4n) is 1.67. The van der Waals surface area contributed by atoms with Gasteiger partial charge in [0.1, 0.15) is 0 Å². The number of aliphatic hydroxyl groups is 1. The quantitative estimate of drug-likeness (QED) is 0.649. The van der Waals surface area contributed by atoms with Crippen LogP contribution in [0, 0.1) is 11.8 Å². The molecule has 0 aromatic carbocycles. The van der Waals surface area contributed by atoms with E-state index >= 15 is 0 Å². The summed E-state index contributed by atoms with van der Waals surface area (Å²) in [5.41, 5.74) is 0. The summed E-state index contributed by atoms with van der Waals surface area (Å²) < 4.78 is 61.4. The molecule has 1 fully saturated rings. The molecule has 0 radical (unpaired) electrons. The second-order valence-electron chi connectivity index (χ2n) is 3.35. The van der Waals surface area contributed by atoms with Crippen LogP contribution in [-0.4, -0.2) is 23.8 Å². The lowest BCUT2D eigenvalue weighted by Gasteiger charge is -2.19. The molecule has 0 aromatic heterocycles. The first-order valence-electron chi connectivity index (χ1n) is 3.81. The molecule has 6 heteroatoms. The fraction of sp³-hybridized carbons (Fsp3) is 1.00. The molecule has 1 aliphatic carbocycles. The van der Waals surface area contributed by atoms with Crippen LogP contribution in [0.3, 0.4) is 0 Å². The molecular formula is C7H9F5O. The molecule has 0 heterocycles. The van der Waals surface area contributed by atoms with Crippen LogP contribution in [0.1, 0.15) is 12.8 Å². The Morgan fingerprint density at radius 2 is 1.77 bits per heavy atom. The zero-order valence-corrected chi connectivity index (χ0v) is 6.61. The van der Waals surface area contributed by atoms with E-state index in [1.165, 1.54) is 0 Å². The van der Waals surface area contributed by atoms with Gasteiger partial charge in [0.25, 0.3) is 0 Å². The number of alkyl halides is 5. The van der Waals surface area contributed by atoms with E-state index < -0.39 is 43.4 Å². The lowest BCUT2D eigenvalue weighted by molar-refractivity contribution is -0.189. The Hall–Kier alpha value is -0.390. The zero-order valence-electron chi connectivity index (χ0n) is 6.61. The van der Waals surface area contributed by atoms with Crippen LogP contribution in [0.5, 0.6) is 0 Å². The van der Waals surface area contributed by atoms with Crippen molar-refractivity contribution in [2.45, 2.75) is 24.9 Å². The van der Waals surface area contributed by atoms with Gasteiger partial charge in [-0.15, -0.1) is 0 Å². The van der Waals surface area contributed by atoms with Crippen molar-refractivity contribution in [3.63, 3.8) is 0 Å². The van der Waals surface area contributed by atoms with Gasteiger partial charge in [-0.3, -0.25) is 0 Å². The third kappa shape index (κ3) is 2.30. The van der Waals surface area contributed by atoms with E-state index in [-0.39, 0.29) is 0 Å².